The summed E-state index contributed by atoms with van der Waals surface area (Å²) < 4.78 is 10.8. The van der Waals surface area contributed by atoms with Gasteiger partial charge in [-0.1, -0.05) is 0 Å². The van der Waals surface area contributed by atoms with Crippen molar-refractivity contribution in [1.29, 1.82) is 0 Å². The van der Waals surface area contributed by atoms with Crippen LogP contribution in [-0.2, 0) is 14.3 Å². The highest BCUT2D eigenvalue weighted by atomic mass is 28.1. The molecule has 4 unspecified atom stereocenters. The summed E-state index contributed by atoms with van der Waals surface area (Å²) in [6.45, 7) is 0.631. The molecule has 2 bridgehead atoms. The van der Waals surface area contributed by atoms with E-state index in [0.717, 1.165) is 25.7 Å². The van der Waals surface area contributed by atoms with Crippen molar-refractivity contribution in [2.45, 2.75) is 31.8 Å². The third kappa shape index (κ3) is 1.24. The number of cyclic esters (lactones) is 1. The Hall–Kier alpha value is -0.353. The first kappa shape index (κ1) is 9.84. The minimum Gasteiger partial charge on any atom is -0.465 e. The average Bonchev–Trinajstić information content (AvgIpc) is 2.85. The Kier molecular flexibility index (Phi) is 2.18. The van der Waals surface area contributed by atoms with E-state index in [0.29, 0.717) is 30.8 Å². The van der Waals surface area contributed by atoms with Gasteiger partial charge in [-0.3, -0.25) is 4.79 Å². The van der Waals surface area contributed by atoms with Crippen molar-refractivity contribution in [3.8, 4) is 0 Å². The largest absolute Gasteiger partial charge is 0.465 e. The van der Waals surface area contributed by atoms with Crippen molar-refractivity contribution in [2.75, 3.05) is 12.8 Å². The van der Waals surface area contributed by atoms with Gasteiger partial charge in [-0.05, 0) is 37.5 Å². The lowest BCUT2D eigenvalue weighted by atomic mass is 9.71. The molecule has 3 nitrogen and oxygen atoms in total. The van der Waals surface area contributed by atoms with E-state index >= 15 is 0 Å². The second-order valence-electron chi connectivity index (χ2n) is 5.02. The lowest BCUT2D eigenvalue weighted by molar-refractivity contribution is -0.149. The van der Waals surface area contributed by atoms with E-state index < -0.39 is 0 Å². The maximum absolute atomic E-state index is 11.8. The Labute approximate surface area is 92.9 Å². The number of ether oxygens (including phenoxy) is 2. The van der Waals surface area contributed by atoms with Crippen LogP contribution in [0.5, 0.6) is 0 Å². The molecule has 3 fully saturated rings. The molecule has 0 aromatic rings. The van der Waals surface area contributed by atoms with Crippen LogP contribution in [-0.4, -0.2) is 35.2 Å². The van der Waals surface area contributed by atoms with E-state index in [4.69, 9.17) is 9.47 Å². The van der Waals surface area contributed by atoms with Crippen LogP contribution in [0.25, 0.3) is 0 Å². The predicted molar refractivity (Wildman–Crippen MR) is 54.3 cm³/mol. The molecule has 0 aromatic heterocycles. The van der Waals surface area contributed by atoms with Crippen molar-refractivity contribution < 1.29 is 14.3 Å². The summed E-state index contributed by atoms with van der Waals surface area (Å²) in [7, 11) is 3.35. The van der Waals surface area contributed by atoms with Gasteiger partial charge in [0, 0.05) is 6.23 Å². The summed E-state index contributed by atoms with van der Waals surface area (Å²) in [5, 5.41) is 0. The third-order valence-electron chi connectivity index (χ3n) is 4.52. The van der Waals surface area contributed by atoms with E-state index in [1.165, 1.54) is 0 Å². The van der Waals surface area contributed by atoms with Crippen LogP contribution in [0.3, 0.4) is 0 Å². The first-order valence-electron chi connectivity index (χ1n) is 5.70. The fourth-order valence-electron chi connectivity index (χ4n) is 3.83. The summed E-state index contributed by atoms with van der Waals surface area (Å²) in [6, 6.07) is 0. The van der Waals surface area contributed by atoms with Crippen LogP contribution < -0.4 is 0 Å². The zero-order valence-electron chi connectivity index (χ0n) is 8.70. The smallest absolute Gasteiger partial charge is 0.312 e. The molecule has 0 aromatic carbocycles. The molecule has 1 aliphatic heterocycles. The maximum atomic E-state index is 11.8. The lowest BCUT2D eigenvalue weighted by Gasteiger charge is -2.33. The highest BCUT2D eigenvalue weighted by Crippen LogP contribution is 2.60. The van der Waals surface area contributed by atoms with Crippen LogP contribution in [0.2, 0.25) is 0 Å². The molecule has 3 radical (unpaired) electrons. The molecule has 1 spiro atoms. The monoisotopic (exact) mass is 223 g/mol. The summed E-state index contributed by atoms with van der Waals surface area (Å²) in [6.07, 6.45) is 5.11. The molecule has 0 N–H and O–H groups in total. The first-order chi connectivity index (χ1) is 7.26. The minimum atomic E-state index is -0.115. The summed E-state index contributed by atoms with van der Waals surface area (Å²) >= 11 is 0. The average molecular weight is 223 g/mol. The maximum Gasteiger partial charge on any atom is 0.312 e. The van der Waals surface area contributed by atoms with Gasteiger partial charge in [-0.2, -0.15) is 0 Å². The molecule has 1 saturated heterocycles. The van der Waals surface area contributed by atoms with Crippen LogP contribution >= 0.6 is 0 Å². The second-order valence-corrected chi connectivity index (χ2v) is 5.31. The van der Waals surface area contributed by atoms with Gasteiger partial charge in [0.1, 0.15) is 0 Å². The Morgan fingerprint density at radius 2 is 2.40 bits per heavy atom. The Bertz CT molecular complexity index is 294. The molecule has 1 heterocycles. The van der Waals surface area contributed by atoms with Crippen LogP contribution in [0.15, 0.2) is 0 Å². The molecule has 81 valence electrons. The van der Waals surface area contributed by atoms with Crippen molar-refractivity contribution in [1.82, 2.24) is 0 Å². The van der Waals surface area contributed by atoms with E-state index in [-0.39, 0.29) is 11.4 Å². The van der Waals surface area contributed by atoms with Gasteiger partial charge in [0.05, 0.1) is 28.4 Å². The van der Waals surface area contributed by atoms with Crippen molar-refractivity contribution in [3.05, 3.63) is 0 Å². The van der Waals surface area contributed by atoms with Gasteiger partial charge in [0.2, 0.25) is 0 Å². The minimum absolute atomic E-state index is 0.0619. The highest BCUT2D eigenvalue weighted by molar-refractivity contribution is 6.08. The summed E-state index contributed by atoms with van der Waals surface area (Å²) in [4.78, 5) is 11.8. The standard InChI is InChI=1S/C11H15O3Si/c12-10-11(1-2-13-10)5-7-3-8(11)4-9(7)14-6-15/h7-9H,1-6H2. The third-order valence-corrected chi connectivity index (χ3v) is 4.69. The summed E-state index contributed by atoms with van der Waals surface area (Å²) in [5.41, 5.74) is -0.115. The number of esters is 1. The van der Waals surface area contributed by atoms with E-state index in [9.17, 15) is 4.79 Å². The highest BCUT2D eigenvalue weighted by Gasteiger charge is 2.61. The molecule has 2 saturated carbocycles. The van der Waals surface area contributed by atoms with Crippen LogP contribution in [0.1, 0.15) is 25.7 Å². The van der Waals surface area contributed by atoms with Gasteiger partial charge in [-0.15, -0.1) is 0 Å². The van der Waals surface area contributed by atoms with E-state index in [1.54, 1.807) is 0 Å². The van der Waals surface area contributed by atoms with Crippen LogP contribution in [0, 0.1) is 17.3 Å². The lowest BCUT2D eigenvalue weighted by Crippen LogP contribution is -2.37. The molecule has 3 aliphatic rings. The molecule has 4 heteroatoms. The van der Waals surface area contributed by atoms with E-state index in [2.05, 4.69) is 10.2 Å². The Morgan fingerprint density at radius 3 is 2.93 bits per heavy atom. The number of rotatable bonds is 2. The molecular weight excluding hydrogens is 208 g/mol. The second kappa shape index (κ2) is 3.32. The SMILES string of the molecule is O=C1OCCC12CC1CC2CC1OC[Si]. The molecule has 15 heavy (non-hydrogen) atoms. The van der Waals surface area contributed by atoms with Crippen molar-refractivity contribution in [3.63, 3.8) is 0 Å². The predicted octanol–water partition coefficient (Wildman–Crippen LogP) is 0.861. The summed E-state index contributed by atoms with van der Waals surface area (Å²) in [5.74, 6) is 1.16. The van der Waals surface area contributed by atoms with Gasteiger partial charge in [-0.25, -0.2) is 0 Å². The number of fused-ring (bicyclic) bond motifs is 3. The molecule has 0 amide bonds. The zero-order valence-corrected chi connectivity index (χ0v) is 9.70. The molecule has 4 atom stereocenters. The fraction of sp³-hybridized carbons (Fsp3) is 0.909. The van der Waals surface area contributed by atoms with Gasteiger partial charge in [0.15, 0.2) is 0 Å². The van der Waals surface area contributed by atoms with Gasteiger partial charge >= 0.3 is 5.97 Å². The number of carbonyl (C=O) groups excluding carboxylic acids is 1. The normalized spacial score (nSPS) is 47.8. The van der Waals surface area contributed by atoms with Gasteiger partial charge in [0.25, 0.3) is 0 Å². The van der Waals surface area contributed by atoms with Crippen LogP contribution in [0.4, 0.5) is 0 Å². The zero-order chi connectivity index (χ0) is 10.5. The van der Waals surface area contributed by atoms with E-state index in [1.807, 2.05) is 0 Å². The van der Waals surface area contributed by atoms with Crippen molar-refractivity contribution in [2.24, 2.45) is 17.3 Å². The Balaban J connectivity index is 1.77. The first-order valence-corrected chi connectivity index (χ1v) is 6.40. The van der Waals surface area contributed by atoms with Gasteiger partial charge < -0.3 is 9.47 Å². The molecule has 2 aliphatic carbocycles. The molecular formula is C11H15O3Si. The number of carbonyl (C=O) groups is 1. The Morgan fingerprint density at radius 1 is 1.53 bits per heavy atom. The quantitative estimate of drug-likeness (QED) is 0.514. The number of hydrogen-bond donors (Lipinski definition) is 0. The van der Waals surface area contributed by atoms with Crippen molar-refractivity contribution >= 4 is 16.2 Å². The fourth-order valence-corrected chi connectivity index (χ4v) is 4.04. The topological polar surface area (TPSA) is 35.5 Å². The molecule has 3 rings (SSSR count). The number of hydrogen-bond acceptors (Lipinski definition) is 3.